The topological polar surface area (TPSA) is 76.7 Å². The summed E-state index contributed by atoms with van der Waals surface area (Å²) in [5, 5.41) is 5.61. The third-order valence-electron chi connectivity index (χ3n) is 3.85. The first-order valence-electron chi connectivity index (χ1n) is 9.41. The Hall–Kier alpha value is -2.50. The van der Waals surface area contributed by atoms with E-state index in [0.717, 1.165) is 17.7 Å². The van der Waals surface area contributed by atoms with Crippen LogP contribution in [0.4, 0.5) is 4.79 Å². The monoisotopic (exact) mass is 374 g/mol. The number of amides is 2. The Balaban J connectivity index is 2.39. The van der Waals surface area contributed by atoms with E-state index >= 15 is 0 Å². The highest BCUT2D eigenvalue weighted by Crippen LogP contribution is 2.31. The average molecular weight is 374 g/mol. The molecule has 0 saturated heterocycles. The van der Waals surface area contributed by atoms with E-state index in [4.69, 9.17) is 9.47 Å². The van der Waals surface area contributed by atoms with Crippen molar-refractivity contribution in [1.82, 2.24) is 10.6 Å². The molecule has 0 fully saturated rings. The summed E-state index contributed by atoms with van der Waals surface area (Å²) in [6, 6.07) is 6.54. The number of hydrogen-bond donors (Lipinski definition) is 2. The Labute approximate surface area is 161 Å². The second kappa shape index (κ2) is 8.46. The van der Waals surface area contributed by atoms with Crippen LogP contribution in [0, 0.1) is 0 Å². The summed E-state index contributed by atoms with van der Waals surface area (Å²) in [5.74, 6) is 0.316. The summed E-state index contributed by atoms with van der Waals surface area (Å²) in [4.78, 5) is 24.9. The fourth-order valence-corrected chi connectivity index (χ4v) is 2.92. The molecule has 1 aliphatic heterocycles. The Morgan fingerprint density at radius 3 is 2.33 bits per heavy atom. The Kier molecular flexibility index (Phi) is 6.52. The largest absolute Gasteiger partial charge is 0.488 e. The van der Waals surface area contributed by atoms with Crippen LogP contribution >= 0.6 is 0 Å². The molecule has 1 aromatic carbocycles. The molecule has 0 saturated carbocycles. The Morgan fingerprint density at radius 1 is 1.19 bits per heavy atom. The van der Waals surface area contributed by atoms with Crippen LogP contribution < -0.4 is 15.4 Å². The van der Waals surface area contributed by atoms with Crippen LogP contribution in [-0.4, -0.2) is 23.7 Å². The molecule has 2 amide bonds. The first kappa shape index (κ1) is 20.8. The van der Waals surface area contributed by atoms with Crippen molar-refractivity contribution in [2.45, 2.75) is 72.1 Å². The molecule has 0 aliphatic carbocycles. The lowest BCUT2D eigenvalue weighted by molar-refractivity contribution is -0.143. The van der Waals surface area contributed by atoms with Gasteiger partial charge in [-0.25, -0.2) is 9.59 Å². The number of esters is 1. The Bertz CT molecular complexity index is 715. The lowest BCUT2D eigenvalue weighted by Gasteiger charge is -2.30. The van der Waals surface area contributed by atoms with E-state index in [1.807, 2.05) is 52.0 Å². The summed E-state index contributed by atoms with van der Waals surface area (Å²) in [6.07, 6.45) is 1.16. The Morgan fingerprint density at radius 2 is 1.81 bits per heavy atom. The molecular weight excluding hydrogens is 344 g/mol. The summed E-state index contributed by atoms with van der Waals surface area (Å²) in [5.41, 5.74) is 1.57. The molecule has 2 rings (SSSR count). The second-order valence-electron chi connectivity index (χ2n) is 7.91. The average Bonchev–Trinajstić information content (AvgIpc) is 2.53. The maximum atomic E-state index is 12.7. The van der Waals surface area contributed by atoms with Gasteiger partial charge in [0.2, 0.25) is 0 Å². The second-order valence-corrected chi connectivity index (χ2v) is 7.91. The number of rotatable bonds is 6. The van der Waals surface area contributed by atoms with Gasteiger partial charge in [-0.1, -0.05) is 25.5 Å². The molecule has 1 aromatic rings. The van der Waals surface area contributed by atoms with E-state index in [1.165, 1.54) is 0 Å². The number of benzene rings is 1. The molecule has 0 bridgehead atoms. The first-order chi connectivity index (χ1) is 12.6. The quantitative estimate of drug-likeness (QED) is 0.731. The highest BCUT2D eigenvalue weighted by Gasteiger charge is 2.33. The molecule has 0 radical (unpaired) electrons. The lowest BCUT2D eigenvalue weighted by Crippen LogP contribution is -2.46. The van der Waals surface area contributed by atoms with Gasteiger partial charge in [0.1, 0.15) is 11.4 Å². The van der Waals surface area contributed by atoms with Gasteiger partial charge in [0.25, 0.3) is 0 Å². The highest BCUT2D eigenvalue weighted by molar-refractivity contribution is 5.95. The van der Waals surface area contributed by atoms with Crippen LogP contribution in [0.3, 0.4) is 0 Å². The molecule has 1 heterocycles. The number of allylic oxidation sites excluding steroid dienone is 1. The number of ether oxygens (including phenoxy) is 2. The number of urea groups is 1. The van der Waals surface area contributed by atoms with E-state index in [2.05, 4.69) is 10.6 Å². The minimum atomic E-state index is -0.560. The number of hydrogen-bond acceptors (Lipinski definition) is 4. The van der Waals surface area contributed by atoms with Gasteiger partial charge < -0.3 is 20.1 Å². The predicted molar refractivity (Wildman–Crippen MR) is 104 cm³/mol. The molecule has 2 N–H and O–H groups in total. The van der Waals surface area contributed by atoms with Crippen molar-refractivity contribution < 1.29 is 19.1 Å². The molecule has 27 heavy (non-hydrogen) atoms. The smallest absolute Gasteiger partial charge is 0.338 e. The van der Waals surface area contributed by atoms with Gasteiger partial charge in [0, 0.05) is 5.70 Å². The van der Waals surface area contributed by atoms with Crippen molar-refractivity contribution in [3.05, 3.63) is 41.1 Å². The van der Waals surface area contributed by atoms with Gasteiger partial charge in [0.15, 0.2) is 0 Å². The molecule has 1 atom stereocenters. The van der Waals surface area contributed by atoms with E-state index in [9.17, 15) is 9.59 Å². The maximum absolute atomic E-state index is 12.7. The van der Waals surface area contributed by atoms with Gasteiger partial charge in [0.05, 0.1) is 17.7 Å². The molecule has 0 spiro atoms. The van der Waals surface area contributed by atoms with Gasteiger partial charge in [-0.15, -0.1) is 0 Å². The molecule has 6 heteroatoms. The van der Waals surface area contributed by atoms with Gasteiger partial charge >= 0.3 is 12.0 Å². The zero-order valence-electron chi connectivity index (χ0n) is 17.0. The minimum absolute atomic E-state index is 0.242. The molecule has 6 nitrogen and oxygen atoms in total. The molecule has 1 unspecified atom stereocenters. The molecule has 148 valence electrons. The SMILES string of the molecule is CCCC1=C(C(=O)OC(C)C)C(c2ccc(OC(C)(C)C)cc2)NC(=O)N1. The lowest BCUT2D eigenvalue weighted by atomic mass is 9.93. The summed E-state index contributed by atoms with van der Waals surface area (Å²) in [6.45, 7) is 11.6. The number of nitrogens with one attached hydrogen (secondary N) is 2. The van der Waals surface area contributed by atoms with Crippen LogP contribution in [0.1, 0.15) is 66.0 Å². The zero-order chi connectivity index (χ0) is 20.2. The van der Waals surface area contributed by atoms with Crippen molar-refractivity contribution >= 4 is 12.0 Å². The van der Waals surface area contributed by atoms with Crippen molar-refractivity contribution in [2.75, 3.05) is 0 Å². The normalized spacial score (nSPS) is 17.4. The number of carbonyl (C=O) groups excluding carboxylic acids is 2. The third kappa shape index (κ3) is 5.74. The van der Waals surface area contributed by atoms with E-state index in [1.54, 1.807) is 13.8 Å². The van der Waals surface area contributed by atoms with Gasteiger partial charge in [-0.2, -0.15) is 0 Å². The highest BCUT2D eigenvalue weighted by atomic mass is 16.5. The number of carbonyl (C=O) groups is 2. The van der Waals surface area contributed by atoms with Gasteiger partial charge in [-0.05, 0) is 58.7 Å². The fourth-order valence-electron chi connectivity index (χ4n) is 2.92. The van der Waals surface area contributed by atoms with Crippen LogP contribution in [0.25, 0.3) is 0 Å². The van der Waals surface area contributed by atoms with Crippen molar-refractivity contribution in [2.24, 2.45) is 0 Å². The van der Waals surface area contributed by atoms with Crippen LogP contribution in [-0.2, 0) is 9.53 Å². The molecule has 1 aliphatic rings. The molecular formula is C21H30N2O4. The summed E-state index contributed by atoms with van der Waals surface area (Å²) in [7, 11) is 0. The molecule has 0 aromatic heterocycles. The van der Waals surface area contributed by atoms with Crippen LogP contribution in [0.5, 0.6) is 5.75 Å². The van der Waals surface area contributed by atoms with E-state index in [-0.39, 0.29) is 17.7 Å². The van der Waals surface area contributed by atoms with E-state index < -0.39 is 12.0 Å². The fraction of sp³-hybridized carbons (Fsp3) is 0.524. The van der Waals surface area contributed by atoms with Crippen molar-refractivity contribution in [3.63, 3.8) is 0 Å². The first-order valence-corrected chi connectivity index (χ1v) is 9.41. The van der Waals surface area contributed by atoms with Crippen LogP contribution in [0.15, 0.2) is 35.5 Å². The van der Waals surface area contributed by atoms with Gasteiger partial charge in [-0.3, -0.25) is 0 Å². The zero-order valence-corrected chi connectivity index (χ0v) is 17.0. The summed E-state index contributed by atoms with van der Waals surface area (Å²) < 4.78 is 11.3. The maximum Gasteiger partial charge on any atom is 0.338 e. The van der Waals surface area contributed by atoms with Crippen LogP contribution in [0.2, 0.25) is 0 Å². The standard InChI is InChI=1S/C21H30N2O4/c1-7-8-16-17(19(24)26-13(2)3)18(23-20(25)22-16)14-9-11-15(12-10-14)27-21(4,5)6/h9-13,18H,7-8H2,1-6H3,(H2,22,23,25). The minimum Gasteiger partial charge on any atom is -0.488 e. The van der Waals surface area contributed by atoms with E-state index in [0.29, 0.717) is 17.7 Å². The van der Waals surface area contributed by atoms with Crippen molar-refractivity contribution in [1.29, 1.82) is 0 Å². The third-order valence-corrected chi connectivity index (χ3v) is 3.85. The van der Waals surface area contributed by atoms with Crippen molar-refractivity contribution in [3.8, 4) is 5.75 Å². The summed E-state index contributed by atoms with van der Waals surface area (Å²) >= 11 is 0. The predicted octanol–water partition coefficient (Wildman–Crippen LogP) is 4.22.